The maximum atomic E-state index is 8.33. The normalized spacial score (nSPS) is 10.4. The Morgan fingerprint density at radius 2 is 2.10 bits per heavy atom. The first kappa shape index (κ1) is 6.81. The molecule has 0 aromatic carbocycles. The molecule has 2 heteroatoms. The van der Waals surface area contributed by atoms with Crippen molar-refractivity contribution < 1.29 is 5.11 Å². The summed E-state index contributed by atoms with van der Waals surface area (Å²) in [6.45, 7) is 0. The third-order valence-corrected chi connectivity index (χ3v) is 1.21. The predicted molar refractivity (Wildman–Crippen MR) is 39.7 cm³/mol. The molecule has 0 saturated carbocycles. The van der Waals surface area contributed by atoms with Gasteiger partial charge >= 0.3 is 0 Å². The molecule has 0 aliphatic carbocycles. The molecule has 0 amide bonds. The van der Waals surface area contributed by atoms with Gasteiger partial charge in [-0.15, -0.1) is 0 Å². The molecule has 0 bridgehead atoms. The summed E-state index contributed by atoms with van der Waals surface area (Å²) in [5.41, 5.74) is 1.15. The maximum Gasteiger partial charge on any atom is 0.0755 e. The fourth-order valence-corrected chi connectivity index (χ4v) is 0.708. The van der Waals surface area contributed by atoms with Crippen LogP contribution in [-0.4, -0.2) is 10.1 Å². The summed E-state index contributed by atoms with van der Waals surface area (Å²) in [6, 6.07) is 3.83. The van der Waals surface area contributed by atoms with Gasteiger partial charge in [0.25, 0.3) is 0 Å². The van der Waals surface area contributed by atoms with Crippen molar-refractivity contribution in [1.29, 1.82) is 0 Å². The number of aromatic nitrogens is 1. The number of rotatable bonds is 2. The topological polar surface area (TPSA) is 33.1 Å². The molecule has 1 rings (SSSR count). The van der Waals surface area contributed by atoms with E-state index in [0.29, 0.717) is 0 Å². The average molecular weight is 135 g/mol. The van der Waals surface area contributed by atoms with E-state index in [4.69, 9.17) is 5.11 Å². The number of allylic oxidation sites excluding steroid dienone is 1. The smallest absolute Gasteiger partial charge is 0.0755 e. The first-order valence-corrected chi connectivity index (χ1v) is 3.11. The second-order valence-corrected chi connectivity index (χ2v) is 1.94. The van der Waals surface area contributed by atoms with Gasteiger partial charge in [0.15, 0.2) is 0 Å². The van der Waals surface area contributed by atoms with E-state index in [1.165, 1.54) is 0 Å². The first-order chi connectivity index (χ1) is 4.93. The second-order valence-electron chi connectivity index (χ2n) is 1.94. The molecular formula is C8H9NO. The maximum absolute atomic E-state index is 8.33. The van der Waals surface area contributed by atoms with Gasteiger partial charge in [-0.25, -0.2) is 0 Å². The third-order valence-electron chi connectivity index (χ3n) is 1.21. The van der Waals surface area contributed by atoms with E-state index in [9.17, 15) is 0 Å². The van der Waals surface area contributed by atoms with Gasteiger partial charge in [0.1, 0.15) is 0 Å². The lowest BCUT2D eigenvalue weighted by Crippen LogP contribution is -1.79. The van der Waals surface area contributed by atoms with Crippen LogP contribution in [0.25, 0.3) is 0 Å². The Bertz CT molecular complexity index is 206. The van der Waals surface area contributed by atoms with Crippen LogP contribution in [0, 0.1) is 0 Å². The molecule has 52 valence electrons. The summed E-state index contributed by atoms with van der Waals surface area (Å²) >= 11 is 0. The van der Waals surface area contributed by atoms with Crippen molar-refractivity contribution >= 4 is 0 Å². The fourth-order valence-electron chi connectivity index (χ4n) is 0.708. The summed E-state index contributed by atoms with van der Waals surface area (Å²) < 4.78 is 0. The summed E-state index contributed by atoms with van der Waals surface area (Å²) in [5.74, 6) is 0. The lowest BCUT2D eigenvalue weighted by molar-refractivity contribution is 0.471. The number of aliphatic hydroxyl groups is 1. The van der Waals surface area contributed by atoms with Crippen molar-refractivity contribution in [3.05, 3.63) is 42.4 Å². The number of hydrogen-bond donors (Lipinski definition) is 1. The van der Waals surface area contributed by atoms with Crippen LogP contribution in [0.1, 0.15) is 5.56 Å². The Kier molecular flexibility index (Phi) is 2.49. The summed E-state index contributed by atoms with van der Waals surface area (Å²) in [5, 5.41) is 8.33. The highest BCUT2D eigenvalue weighted by atomic mass is 16.2. The average Bonchev–Trinajstić information content (AvgIpc) is 2.03. The van der Waals surface area contributed by atoms with Crippen LogP contribution in [0.3, 0.4) is 0 Å². The minimum atomic E-state index is 0.763. The Morgan fingerprint density at radius 3 is 2.70 bits per heavy atom. The van der Waals surface area contributed by atoms with Crippen LogP contribution in [0.15, 0.2) is 36.9 Å². The van der Waals surface area contributed by atoms with Gasteiger partial charge < -0.3 is 5.11 Å². The van der Waals surface area contributed by atoms with Crippen molar-refractivity contribution in [3.8, 4) is 0 Å². The van der Waals surface area contributed by atoms with Gasteiger partial charge in [-0.05, 0) is 30.2 Å². The van der Waals surface area contributed by atoms with E-state index in [-0.39, 0.29) is 0 Å². The zero-order chi connectivity index (χ0) is 7.23. The minimum absolute atomic E-state index is 0.763. The van der Waals surface area contributed by atoms with E-state index >= 15 is 0 Å². The molecule has 0 aliphatic heterocycles. The minimum Gasteiger partial charge on any atom is -0.516 e. The van der Waals surface area contributed by atoms with Gasteiger partial charge in [0, 0.05) is 12.4 Å². The molecule has 1 aromatic heterocycles. The molecule has 2 nitrogen and oxygen atoms in total. The Balaban J connectivity index is 2.59. The van der Waals surface area contributed by atoms with Crippen LogP contribution in [-0.2, 0) is 6.42 Å². The largest absolute Gasteiger partial charge is 0.516 e. The van der Waals surface area contributed by atoms with Crippen molar-refractivity contribution in [2.75, 3.05) is 0 Å². The molecular weight excluding hydrogens is 126 g/mol. The SMILES string of the molecule is OC=CCc1ccncc1. The molecule has 0 saturated heterocycles. The highest BCUT2D eigenvalue weighted by Gasteiger charge is 1.84. The third kappa shape index (κ3) is 1.90. The monoisotopic (exact) mass is 135 g/mol. The molecule has 1 N–H and O–H groups in total. The number of aliphatic hydroxyl groups excluding tert-OH is 1. The lowest BCUT2D eigenvalue weighted by Gasteiger charge is -1.91. The van der Waals surface area contributed by atoms with Crippen LogP contribution in [0.5, 0.6) is 0 Å². The highest BCUT2D eigenvalue weighted by molar-refractivity contribution is 5.12. The van der Waals surface area contributed by atoms with Crippen LogP contribution >= 0.6 is 0 Å². The first-order valence-electron chi connectivity index (χ1n) is 3.11. The quantitative estimate of drug-likeness (QED) is 0.626. The number of pyridine rings is 1. The summed E-state index contributed by atoms with van der Waals surface area (Å²) in [7, 11) is 0. The molecule has 1 heterocycles. The summed E-state index contributed by atoms with van der Waals surface area (Å²) in [4.78, 5) is 3.87. The Morgan fingerprint density at radius 1 is 1.40 bits per heavy atom. The second kappa shape index (κ2) is 3.67. The van der Waals surface area contributed by atoms with Crippen LogP contribution < -0.4 is 0 Å². The van der Waals surface area contributed by atoms with Gasteiger partial charge in [0.2, 0.25) is 0 Å². The molecule has 0 spiro atoms. The molecule has 0 radical (unpaired) electrons. The van der Waals surface area contributed by atoms with E-state index in [0.717, 1.165) is 18.2 Å². The molecule has 0 fully saturated rings. The van der Waals surface area contributed by atoms with E-state index in [2.05, 4.69) is 4.98 Å². The lowest BCUT2D eigenvalue weighted by atomic mass is 10.2. The van der Waals surface area contributed by atoms with Gasteiger partial charge in [0.05, 0.1) is 6.26 Å². The van der Waals surface area contributed by atoms with Crippen LogP contribution in [0.2, 0.25) is 0 Å². The zero-order valence-electron chi connectivity index (χ0n) is 5.57. The fraction of sp³-hybridized carbons (Fsp3) is 0.125. The van der Waals surface area contributed by atoms with Gasteiger partial charge in [-0.1, -0.05) is 0 Å². The summed E-state index contributed by atoms with van der Waals surface area (Å²) in [6.07, 6.45) is 6.98. The van der Waals surface area contributed by atoms with Crippen molar-refractivity contribution in [3.63, 3.8) is 0 Å². The van der Waals surface area contributed by atoms with Gasteiger partial charge in [-0.2, -0.15) is 0 Å². The molecule has 1 aromatic rings. The van der Waals surface area contributed by atoms with Crippen molar-refractivity contribution in [2.24, 2.45) is 0 Å². The van der Waals surface area contributed by atoms with Crippen LogP contribution in [0.4, 0.5) is 0 Å². The van der Waals surface area contributed by atoms with Crippen molar-refractivity contribution in [1.82, 2.24) is 4.98 Å². The standard InChI is InChI=1S/C8H9NO/c10-7-1-2-8-3-5-9-6-4-8/h1,3-7,10H,2H2. The van der Waals surface area contributed by atoms with E-state index in [1.807, 2.05) is 12.1 Å². The zero-order valence-corrected chi connectivity index (χ0v) is 5.57. The Labute approximate surface area is 59.9 Å². The Hall–Kier alpha value is -1.31. The number of hydrogen-bond acceptors (Lipinski definition) is 2. The van der Waals surface area contributed by atoms with E-state index < -0.39 is 0 Å². The number of nitrogens with zero attached hydrogens (tertiary/aromatic N) is 1. The molecule has 0 atom stereocenters. The molecule has 0 unspecified atom stereocenters. The molecule has 10 heavy (non-hydrogen) atoms. The highest BCUT2D eigenvalue weighted by Crippen LogP contribution is 1.96. The molecule has 0 aliphatic rings. The predicted octanol–water partition coefficient (Wildman–Crippen LogP) is 1.70. The van der Waals surface area contributed by atoms with Crippen molar-refractivity contribution in [2.45, 2.75) is 6.42 Å². The van der Waals surface area contributed by atoms with Gasteiger partial charge in [-0.3, -0.25) is 4.98 Å². The van der Waals surface area contributed by atoms with E-state index in [1.54, 1.807) is 18.5 Å².